The smallest absolute Gasteiger partial charge is 0.301 e. The van der Waals surface area contributed by atoms with E-state index in [4.69, 9.17) is 4.42 Å². The van der Waals surface area contributed by atoms with E-state index in [0.29, 0.717) is 0 Å². The lowest BCUT2D eigenvalue weighted by atomic mass is 10.4. The number of benzene rings is 1. The highest BCUT2D eigenvalue weighted by Gasteiger charge is 2.15. The van der Waals surface area contributed by atoms with Gasteiger partial charge in [0.15, 0.2) is 5.76 Å². The Morgan fingerprint density at radius 3 is 2.39 bits per heavy atom. The fraction of sp³-hybridized carbons (Fsp3) is 0. The van der Waals surface area contributed by atoms with Gasteiger partial charge in [-0.3, -0.25) is 10.2 Å². The largest absolute Gasteiger partial charge is 0.459 e. The van der Waals surface area contributed by atoms with Crippen molar-refractivity contribution in [2.75, 3.05) is 0 Å². The third-order valence-corrected chi connectivity index (χ3v) is 3.36. The number of carbonyl (C=O) groups excluding carboxylic acids is 1. The van der Waals surface area contributed by atoms with Gasteiger partial charge in [0.25, 0.3) is 10.0 Å². The van der Waals surface area contributed by atoms with E-state index < -0.39 is 15.9 Å². The molecule has 0 fully saturated rings. The second-order valence-corrected chi connectivity index (χ2v) is 5.03. The molecule has 0 unspecified atom stereocenters. The number of nitrogens with one attached hydrogen (secondary N) is 2. The molecule has 0 atom stereocenters. The summed E-state index contributed by atoms with van der Waals surface area (Å²) in [4.78, 5) is 13.5. The van der Waals surface area contributed by atoms with E-state index in [2.05, 4.69) is 5.43 Å². The van der Waals surface area contributed by atoms with E-state index in [1.807, 2.05) is 4.83 Å². The van der Waals surface area contributed by atoms with Crippen molar-refractivity contribution < 1.29 is 17.6 Å². The van der Waals surface area contributed by atoms with Crippen molar-refractivity contribution >= 4 is 15.9 Å². The molecular formula is C11H10N2O4S. The minimum absolute atomic E-state index is 0.0192. The molecule has 0 bridgehead atoms. The lowest BCUT2D eigenvalue weighted by Crippen LogP contribution is -2.41. The van der Waals surface area contributed by atoms with Crippen LogP contribution in [-0.4, -0.2) is 14.3 Å². The summed E-state index contributed by atoms with van der Waals surface area (Å²) in [5, 5.41) is 0. The minimum Gasteiger partial charge on any atom is -0.459 e. The third-order valence-electron chi connectivity index (χ3n) is 2.10. The Labute approximate surface area is 104 Å². The SMILES string of the molecule is O=C(NNS(=O)(=O)c1ccccc1)c1ccco1. The normalized spacial score (nSPS) is 11.1. The summed E-state index contributed by atoms with van der Waals surface area (Å²) in [5.41, 5.74) is 2.05. The summed E-state index contributed by atoms with van der Waals surface area (Å²) in [6.07, 6.45) is 1.32. The maximum atomic E-state index is 11.7. The molecule has 1 amide bonds. The lowest BCUT2D eigenvalue weighted by Gasteiger charge is -2.06. The number of hydrogen-bond acceptors (Lipinski definition) is 4. The van der Waals surface area contributed by atoms with Crippen LogP contribution in [0.25, 0.3) is 0 Å². The monoisotopic (exact) mass is 266 g/mol. The topological polar surface area (TPSA) is 88.4 Å². The molecular weight excluding hydrogens is 256 g/mol. The first-order valence-corrected chi connectivity index (χ1v) is 6.48. The van der Waals surface area contributed by atoms with Crippen LogP contribution in [0.15, 0.2) is 58.0 Å². The zero-order valence-corrected chi connectivity index (χ0v) is 9.98. The quantitative estimate of drug-likeness (QED) is 0.805. The van der Waals surface area contributed by atoms with Crippen molar-refractivity contribution in [1.82, 2.24) is 10.3 Å². The number of hydrogen-bond donors (Lipinski definition) is 2. The van der Waals surface area contributed by atoms with Crippen LogP contribution in [0, 0.1) is 0 Å². The molecule has 1 aromatic heterocycles. The molecule has 0 saturated heterocycles. The van der Waals surface area contributed by atoms with E-state index in [1.165, 1.54) is 30.5 Å². The second-order valence-electron chi connectivity index (χ2n) is 3.35. The average Bonchev–Trinajstić information content (AvgIpc) is 2.91. The van der Waals surface area contributed by atoms with E-state index in [-0.39, 0.29) is 10.7 Å². The summed E-state index contributed by atoms with van der Waals surface area (Å²) in [6.45, 7) is 0. The van der Waals surface area contributed by atoms with E-state index in [0.717, 1.165) is 0 Å². The number of hydrazine groups is 1. The van der Waals surface area contributed by atoms with Crippen molar-refractivity contribution in [3.8, 4) is 0 Å². The van der Waals surface area contributed by atoms with Gasteiger partial charge in [0, 0.05) is 0 Å². The fourth-order valence-corrected chi connectivity index (χ4v) is 2.10. The van der Waals surface area contributed by atoms with Gasteiger partial charge < -0.3 is 4.42 Å². The molecule has 0 radical (unpaired) electrons. The van der Waals surface area contributed by atoms with Crippen LogP contribution in [-0.2, 0) is 10.0 Å². The van der Waals surface area contributed by atoms with Crippen LogP contribution in [0.3, 0.4) is 0 Å². The van der Waals surface area contributed by atoms with Gasteiger partial charge in [-0.1, -0.05) is 18.2 Å². The third kappa shape index (κ3) is 2.76. The zero-order valence-electron chi connectivity index (χ0n) is 9.16. The van der Waals surface area contributed by atoms with E-state index in [1.54, 1.807) is 18.2 Å². The van der Waals surface area contributed by atoms with Gasteiger partial charge in [-0.2, -0.15) is 0 Å². The first kappa shape index (κ1) is 12.3. The molecule has 0 aliphatic rings. The summed E-state index contributed by atoms with van der Waals surface area (Å²) < 4.78 is 28.3. The molecule has 6 nitrogen and oxygen atoms in total. The number of furan rings is 1. The Hall–Kier alpha value is -2.12. The zero-order chi connectivity index (χ0) is 13.0. The lowest BCUT2D eigenvalue weighted by molar-refractivity contribution is 0.0917. The Balaban J connectivity index is 2.05. The fourth-order valence-electron chi connectivity index (χ4n) is 1.24. The average molecular weight is 266 g/mol. The first-order chi connectivity index (χ1) is 8.59. The standard InChI is InChI=1S/C11H10N2O4S/c14-11(10-7-4-8-17-10)12-13-18(15,16)9-5-2-1-3-6-9/h1-8,13H,(H,12,14). The van der Waals surface area contributed by atoms with Crippen LogP contribution in [0.5, 0.6) is 0 Å². The van der Waals surface area contributed by atoms with Crippen LogP contribution in [0.4, 0.5) is 0 Å². The number of rotatable bonds is 4. The molecule has 2 aromatic rings. The maximum Gasteiger partial charge on any atom is 0.301 e. The summed E-state index contributed by atoms with van der Waals surface area (Å²) in [5.74, 6) is -0.648. The number of amides is 1. The van der Waals surface area contributed by atoms with Gasteiger partial charge in [0.2, 0.25) is 0 Å². The molecule has 0 aliphatic carbocycles. The van der Waals surface area contributed by atoms with Crippen LogP contribution in [0.1, 0.15) is 10.6 Å². The van der Waals surface area contributed by atoms with Gasteiger partial charge in [-0.15, -0.1) is 4.83 Å². The molecule has 0 spiro atoms. The van der Waals surface area contributed by atoms with Gasteiger partial charge in [0.05, 0.1) is 11.2 Å². The highest BCUT2D eigenvalue weighted by atomic mass is 32.2. The van der Waals surface area contributed by atoms with E-state index >= 15 is 0 Å². The van der Waals surface area contributed by atoms with E-state index in [9.17, 15) is 13.2 Å². The van der Waals surface area contributed by atoms with Gasteiger partial charge >= 0.3 is 5.91 Å². The van der Waals surface area contributed by atoms with Crippen molar-refractivity contribution in [3.63, 3.8) is 0 Å². The number of carbonyl (C=O) groups is 1. The van der Waals surface area contributed by atoms with Crippen LogP contribution < -0.4 is 10.3 Å². The summed E-state index contributed by atoms with van der Waals surface area (Å²) in [7, 11) is -3.77. The Morgan fingerprint density at radius 2 is 1.78 bits per heavy atom. The predicted molar refractivity (Wildman–Crippen MR) is 62.9 cm³/mol. The van der Waals surface area contributed by atoms with Crippen LogP contribution >= 0.6 is 0 Å². The minimum atomic E-state index is -3.77. The molecule has 0 saturated carbocycles. The molecule has 18 heavy (non-hydrogen) atoms. The predicted octanol–water partition coefficient (Wildman–Crippen LogP) is 0.903. The summed E-state index contributed by atoms with van der Waals surface area (Å²) in [6, 6.07) is 10.7. The molecule has 94 valence electrons. The maximum absolute atomic E-state index is 11.7. The highest BCUT2D eigenvalue weighted by Crippen LogP contribution is 2.06. The molecule has 1 heterocycles. The van der Waals surface area contributed by atoms with Crippen molar-refractivity contribution in [2.24, 2.45) is 0 Å². The molecule has 1 aromatic carbocycles. The van der Waals surface area contributed by atoms with Crippen LogP contribution in [0.2, 0.25) is 0 Å². The van der Waals surface area contributed by atoms with Crippen molar-refractivity contribution in [2.45, 2.75) is 4.90 Å². The Morgan fingerprint density at radius 1 is 1.06 bits per heavy atom. The highest BCUT2D eigenvalue weighted by molar-refractivity contribution is 7.89. The van der Waals surface area contributed by atoms with Crippen molar-refractivity contribution in [1.29, 1.82) is 0 Å². The second kappa shape index (κ2) is 5.03. The molecule has 0 aliphatic heterocycles. The number of sulfonamides is 1. The van der Waals surface area contributed by atoms with Crippen molar-refractivity contribution in [3.05, 3.63) is 54.5 Å². The van der Waals surface area contributed by atoms with Gasteiger partial charge in [0.1, 0.15) is 0 Å². The Bertz CT molecular complexity index is 620. The first-order valence-electron chi connectivity index (χ1n) is 5.00. The van der Waals surface area contributed by atoms with Gasteiger partial charge in [-0.25, -0.2) is 8.42 Å². The Kier molecular flexibility index (Phi) is 3.45. The molecule has 2 rings (SSSR count). The molecule has 7 heteroatoms. The van der Waals surface area contributed by atoms with Gasteiger partial charge in [-0.05, 0) is 24.3 Å². The molecule has 2 N–H and O–H groups in total. The summed E-state index contributed by atoms with van der Waals surface area (Å²) >= 11 is 0.